The maximum Gasteiger partial charge on any atom is 0.250 e. The molecule has 2 aromatic heterocycles. The molecule has 0 unspecified atom stereocenters. The van der Waals surface area contributed by atoms with Crippen LogP contribution in [0.5, 0.6) is 0 Å². The lowest BCUT2D eigenvalue weighted by atomic mass is 10.2. The number of amides is 1. The summed E-state index contributed by atoms with van der Waals surface area (Å²) in [5.41, 5.74) is 4.23. The smallest absolute Gasteiger partial charge is 0.250 e. The summed E-state index contributed by atoms with van der Waals surface area (Å²) in [7, 11) is 0. The molecule has 6 nitrogen and oxygen atoms in total. The molecule has 0 aliphatic carbocycles. The van der Waals surface area contributed by atoms with Crippen LogP contribution < -0.4 is 5.43 Å². The van der Waals surface area contributed by atoms with Gasteiger partial charge in [0.15, 0.2) is 11.0 Å². The topological polar surface area (TPSA) is 72.2 Å². The lowest BCUT2D eigenvalue weighted by Crippen LogP contribution is -2.19. The molecule has 4 aromatic rings. The second-order valence-corrected chi connectivity index (χ2v) is 9.79. The quantitative estimate of drug-likeness (QED) is 0.195. The molecule has 4 rings (SSSR count). The largest absolute Gasteiger partial charge is 0.272 e. The van der Waals surface area contributed by atoms with E-state index in [0.717, 1.165) is 16.1 Å². The van der Waals surface area contributed by atoms with Crippen molar-refractivity contribution in [2.45, 2.75) is 12.1 Å². The van der Waals surface area contributed by atoms with Crippen molar-refractivity contribution >= 4 is 58.4 Å². The molecule has 0 fully saturated rings. The Balaban J connectivity index is 1.52. The molecule has 32 heavy (non-hydrogen) atoms. The summed E-state index contributed by atoms with van der Waals surface area (Å²) in [5, 5.41) is 14.5. The van der Waals surface area contributed by atoms with E-state index in [9.17, 15) is 4.79 Å². The number of carbonyl (C=O) groups is 1. The summed E-state index contributed by atoms with van der Waals surface area (Å²) >= 11 is 15.0. The van der Waals surface area contributed by atoms with Gasteiger partial charge in [-0.15, -0.1) is 21.5 Å². The van der Waals surface area contributed by atoms with Crippen LogP contribution in [0.15, 0.2) is 70.9 Å². The van der Waals surface area contributed by atoms with E-state index in [-0.39, 0.29) is 11.7 Å². The number of thiophene rings is 1. The highest BCUT2D eigenvalue weighted by molar-refractivity contribution is 7.99. The van der Waals surface area contributed by atoms with Crippen molar-refractivity contribution in [1.82, 2.24) is 20.2 Å². The van der Waals surface area contributed by atoms with Gasteiger partial charge < -0.3 is 0 Å². The number of aromatic nitrogens is 3. The summed E-state index contributed by atoms with van der Waals surface area (Å²) in [4.78, 5) is 14.5. The molecule has 0 aliphatic heterocycles. The first-order valence-electron chi connectivity index (χ1n) is 9.48. The number of carbonyl (C=O) groups excluding carboxylic acids is 1. The maximum absolute atomic E-state index is 12.3. The maximum atomic E-state index is 12.3. The summed E-state index contributed by atoms with van der Waals surface area (Å²) in [5.74, 6) is 0.531. The van der Waals surface area contributed by atoms with E-state index < -0.39 is 0 Å². The number of hydrogen-bond donors (Lipinski definition) is 1. The van der Waals surface area contributed by atoms with E-state index in [2.05, 4.69) is 20.7 Å². The van der Waals surface area contributed by atoms with Crippen LogP contribution in [0.3, 0.4) is 0 Å². The van der Waals surface area contributed by atoms with Gasteiger partial charge in [0, 0.05) is 31.1 Å². The van der Waals surface area contributed by atoms with Crippen LogP contribution in [0.1, 0.15) is 9.75 Å². The fourth-order valence-corrected chi connectivity index (χ4v) is 4.57. The number of nitrogens with one attached hydrogen (secondary N) is 1. The summed E-state index contributed by atoms with van der Waals surface area (Å²) in [6.07, 6.45) is 1.63. The molecule has 0 saturated heterocycles. The van der Waals surface area contributed by atoms with Crippen molar-refractivity contribution in [2.24, 2.45) is 5.10 Å². The highest BCUT2D eigenvalue weighted by Gasteiger charge is 2.17. The minimum Gasteiger partial charge on any atom is -0.272 e. The molecule has 1 N–H and O–H groups in total. The predicted octanol–water partition coefficient (Wildman–Crippen LogP) is 5.85. The molecule has 10 heteroatoms. The highest BCUT2D eigenvalue weighted by Crippen LogP contribution is 2.29. The van der Waals surface area contributed by atoms with Crippen LogP contribution in [0.4, 0.5) is 0 Å². The Morgan fingerprint density at radius 3 is 2.41 bits per heavy atom. The van der Waals surface area contributed by atoms with Crippen molar-refractivity contribution < 1.29 is 4.79 Å². The highest BCUT2D eigenvalue weighted by atomic mass is 35.5. The first-order valence-corrected chi connectivity index (χ1v) is 12.0. The number of halogens is 2. The predicted molar refractivity (Wildman–Crippen MR) is 132 cm³/mol. The van der Waals surface area contributed by atoms with E-state index in [1.54, 1.807) is 41.8 Å². The van der Waals surface area contributed by atoms with Gasteiger partial charge in [-0.2, -0.15) is 5.10 Å². The van der Waals surface area contributed by atoms with Crippen LogP contribution in [-0.2, 0) is 4.79 Å². The fraction of sp³-hybridized carbons (Fsp3) is 0.0909. The third-order valence-electron chi connectivity index (χ3n) is 4.30. The molecule has 0 spiro atoms. The van der Waals surface area contributed by atoms with Crippen molar-refractivity contribution in [3.8, 4) is 17.1 Å². The summed E-state index contributed by atoms with van der Waals surface area (Å²) in [6, 6.07) is 18.7. The number of hydrogen-bond acceptors (Lipinski definition) is 6. The average Bonchev–Trinajstić information content (AvgIpc) is 3.39. The number of thioether (sulfide) groups is 1. The normalized spacial score (nSPS) is 11.2. The molecule has 0 saturated carbocycles. The molecule has 0 radical (unpaired) electrons. The van der Waals surface area contributed by atoms with Crippen LogP contribution in [0, 0.1) is 6.92 Å². The summed E-state index contributed by atoms with van der Waals surface area (Å²) in [6.45, 7) is 2.02. The molecule has 0 atom stereocenters. The molecule has 2 heterocycles. The third-order valence-corrected chi connectivity index (χ3v) is 6.66. The zero-order valence-corrected chi connectivity index (χ0v) is 20.0. The molecule has 1 amide bonds. The Morgan fingerprint density at radius 2 is 1.75 bits per heavy atom. The molecule has 2 aromatic carbocycles. The lowest BCUT2D eigenvalue weighted by molar-refractivity contribution is -0.118. The zero-order chi connectivity index (χ0) is 22.5. The van der Waals surface area contributed by atoms with Gasteiger partial charge in [0.05, 0.1) is 12.0 Å². The van der Waals surface area contributed by atoms with E-state index in [0.29, 0.717) is 21.0 Å². The minimum absolute atomic E-state index is 0.132. The van der Waals surface area contributed by atoms with Gasteiger partial charge in [-0.3, -0.25) is 9.36 Å². The van der Waals surface area contributed by atoms with Crippen LogP contribution in [-0.4, -0.2) is 32.6 Å². The Bertz CT molecular complexity index is 1250. The number of hydrazone groups is 1. The SMILES string of the molecule is Cc1ccc(/C=N\NC(=O)CSc2nnc(-c3ccc(Cl)cc3)n2-c2ccc(Cl)cc2)s1. The van der Waals surface area contributed by atoms with Gasteiger partial charge in [0.1, 0.15) is 0 Å². The monoisotopic (exact) mass is 501 g/mol. The van der Waals surface area contributed by atoms with Crippen molar-refractivity contribution in [3.05, 3.63) is 80.5 Å². The Morgan fingerprint density at radius 1 is 1.06 bits per heavy atom. The molecular weight excluding hydrogens is 485 g/mol. The van der Waals surface area contributed by atoms with E-state index >= 15 is 0 Å². The second kappa shape index (κ2) is 10.3. The molecule has 0 bridgehead atoms. The number of nitrogens with zero attached hydrogens (tertiary/aromatic N) is 4. The van der Waals surface area contributed by atoms with Crippen LogP contribution in [0.25, 0.3) is 17.1 Å². The minimum atomic E-state index is -0.238. The van der Waals surface area contributed by atoms with Gasteiger partial charge in [0.25, 0.3) is 5.91 Å². The Labute approximate surface area is 203 Å². The summed E-state index contributed by atoms with van der Waals surface area (Å²) < 4.78 is 1.88. The van der Waals surface area contributed by atoms with Gasteiger partial charge >= 0.3 is 0 Å². The second-order valence-electron chi connectivity index (χ2n) is 6.66. The van der Waals surface area contributed by atoms with E-state index in [4.69, 9.17) is 23.2 Å². The molecule has 0 aliphatic rings. The van der Waals surface area contributed by atoms with Gasteiger partial charge in [-0.25, -0.2) is 5.43 Å². The van der Waals surface area contributed by atoms with E-state index in [1.807, 2.05) is 47.9 Å². The number of rotatable bonds is 7. The Hall–Kier alpha value is -2.65. The molecule has 162 valence electrons. The average molecular weight is 502 g/mol. The first-order chi connectivity index (χ1) is 15.5. The van der Waals surface area contributed by atoms with Crippen LogP contribution in [0.2, 0.25) is 10.0 Å². The first kappa shape index (κ1) is 22.5. The number of aryl methyl sites for hydroxylation is 1. The van der Waals surface area contributed by atoms with Crippen LogP contribution >= 0.6 is 46.3 Å². The number of benzene rings is 2. The zero-order valence-electron chi connectivity index (χ0n) is 16.8. The van der Waals surface area contributed by atoms with Crippen molar-refractivity contribution in [1.29, 1.82) is 0 Å². The van der Waals surface area contributed by atoms with Gasteiger partial charge in [-0.1, -0.05) is 35.0 Å². The lowest BCUT2D eigenvalue weighted by Gasteiger charge is -2.10. The van der Waals surface area contributed by atoms with Gasteiger partial charge in [0.2, 0.25) is 0 Å². The van der Waals surface area contributed by atoms with Crippen molar-refractivity contribution in [3.63, 3.8) is 0 Å². The Kier molecular flexibility index (Phi) is 7.26. The van der Waals surface area contributed by atoms with Crippen molar-refractivity contribution in [2.75, 3.05) is 5.75 Å². The standard InChI is InChI=1S/C22H17Cl2N5OS2/c1-14-2-11-19(32-14)12-25-26-20(30)13-31-22-28-27-21(15-3-5-16(23)6-4-15)29(22)18-9-7-17(24)8-10-18/h2-12H,13H2,1H3,(H,26,30)/b25-12-. The van der Waals surface area contributed by atoms with E-state index in [1.165, 1.54) is 16.6 Å². The fourth-order valence-electron chi connectivity index (χ4n) is 2.83. The molecular formula is C22H17Cl2N5OS2. The van der Waals surface area contributed by atoms with Gasteiger partial charge in [-0.05, 0) is 67.6 Å². The third kappa shape index (κ3) is 5.58.